The summed E-state index contributed by atoms with van der Waals surface area (Å²) in [6.45, 7) is 1.75. The van der Waals surface area contributed by atoms with Crippen LogP contribution in [0.15, 0.2) is 24.3 Å². The Balaban J connectivity index is -0.000000213. The second-order valence-corrected chi connectivity index (χ2v) is 1.75. The molecule has 0 saturated heterocycles. The van der Waals surface area contributed by atoms with E-state index in [1.54, 1.807) is 19.1 Å². The Bertz CT molecular complexity index is 173. The molecule has 0 N–H and O–H groups in total. The molecular formula is C7H7Br2FMg. The average molecular weight is 294 g/mol. The fourth-order valence-corrected chi connectivity index (χ4v) is 0.551. The second kappa shape index (κ2) is 8.97. The van der Waals surface area contributed by atoms with Crippen molar-refractivity contribution in [2.24, 2.45) is 0 Å². The van der Waals surface area contributed by atoms with Gasteiger partial charge in [-0.1, -0.05) is 18.2 Å². The molecule has 1 aromatic carbocycles. The Morgan fingerprint density at radius 3 is 1.82 bits per heavy atom. The van der Waals surface area contributed by atoms with E-state index in [1.165, 1.54) is 6.07 Å². The Hall–Kier alpha value is 0.876. The van der Waals surface area contributed by atoms with Crippen molar-refractivity contribution in [3.8, 4) is 0 Å². The average Bonchev–Trinajstić information content (AvgIpc) is 1.77. The van der Waals surface area contributed by atoms with Gasteiger partial charge in [-0.25, -0.2) is 4.39 Å². The summed E-state index contributed by atoms with van der Waals surface area (Å²) in [5.41, 5.74) is 0.701. The fourth-order valence-electron chi connectivity index (χ4n) is 0.551. The summed E-state index contributed by atoms with van der Waals surface area (Å²) in [5.74, 6) is -0.132. The first kappa shape index (κ1) is 17.8. The third kappa shape index (κ3) is 6.08. The van der Waals surface area contributed by atoms with Crippen LogP contribution in [-0.2, 0) is 0 Å². The van der Waals surface area contributed by atoms with Gasteiger partial charge in [-0.15, -0.1) is 0 Å². The van der Waals surface area contributed by atoms with E-state index in [0.717, 1.165) is 0 Å². The molecule has 0 aromatic heterocycles. The maximum absolute atomic E-state index is 12.3. The van der Waals surface area contributed by atoms with Gasteiger partial charge in [-0.05, 0) is 18.6 Å². The number of rotatable bonds is 0. The first-order chi connectivity index (χ1) is 3.80. The zero-order valence-electron chi connectivity index (χ0n) is 6.15. The van der Waals surface area contributed by atoms with E-state index in [4.69, 9.17) is 0 Å². The molecule has 0 aliphatic carbocycles. The topological polar surface area (TPSA) is 0 Å². The van der Waals surface area contributed by atoms with Crippen LogP contribution in [0.3, 0.4) is 0 Å². The van der Waals surface area contributed by atoms with Gasteiger partial charge in [0.25, 0.3) is 0 Å². The molecule has 0 heterocycles. The summed E-state index contributed by atoms with van der Waals surface area (Å²) in [7, 11) is 0. The van der Waals surface area contributed by atoms with E-state index in [9.17, 15) is 4.39 Å². The van der Waals surface area contributed by atoms with Crippen molar-refractivity contribution >= 4 is 23.1 Å². The molecule has 0 radical (unpaired) electrons. The summed E-state index contributed by atoms with van der Waals surface area (Å²) >= 11 is 0. The minimum absolute atomic E-state index is 0. The van der Waals surface area contributed by atoms with Crippen molar-refractivity contribution in [1.29, 1.82) is 0 Å². The molecule has 0 fully saturated rings. The van der Waals surface area contributed by atoms with Crippen molar-refractivity contribution in [2.75, 3.05) is 0 Å². The molecule has 0 aliphatic rings. The number of halogens is 3. The molecule has 0 amide bonds. The third-order valence-electron chi connectivity index (χ3n) is 1.08. The van der Waals surface area contributed by atoms with Gasteiger partial charge in [0.05, 0.1) is 0 Å². The molecular weight excluding hydrogens is 287 g/mol. The van der Waals surface area contributed by atoms with E-state index in [2.05, 4.69) is 0 Å². The Morgan fingerprint density at radius 2 is 1.55 bits per heavy atom. The normalized spacial score (nSPS) is 6.73. The molecule has 0 atom stereocenters. The van der Waals surface area contributed by atoms with Crippen LogP contribution < -0.4 is 34.0 Å². The van der Waals surface area contributed by atoms with Gasteiger partial charge in [-0.2, -0.15) is 0 Å². The molecule has 0 nitrogen and oxygen atoms in total. The largest absolute Gasteiger partial charge is 2.00 e. The molecule has 0 aliphatic heterocycles. The number of hydrogen-bond acceptors (Lipinski definition) is 0. The summed E-state index contributed by atoms with van der Waals surface area (Å²) < 4.78 is 12.3. The van der Waals surface area contributed by atoms with Crippen LogP contribution in [0.25, 0.3) is 0 Å². The maximum atomic E-state index is 12.3. The maximum Gasteiger partial charge on any atom is 2.00 e. The first-order valence-corrected chi connectivity index (χ1v) is 2.52. The van der Waals surface area contributed by atoms with Gasteiger partial charge in [0, 0.05) is 0 Å². The van der Waals surface area contributed by atoms with Crippen molar-refractivity contribution in [1.82, 2.24) is 0 Å². The molecule has 1 aromatic rings. The van der Waals surface area contributed by atoms with Crippen LogP contribution in [0, 0.1) is 12.7 Å². The predicted molar refractivity (Wildman–Crippen MR) is 36.9 cm³/mol. The van der Waals surface area contributed by atoms with Crippen LogP contribution in [0.2, 0.25) is 0 Å². The minimum Gasteiger partial charge on any atom is -1.00 e. The summed E-state index contributed by atoms with van der Waals surface area (Å²) in [4.78, 5) is 0. The first-order valence-electron chi connectivity index (χ1n) is 2.52. The standard InChI is InChI=1S/C7H7F.2BrH.Mg/c1-6-4-2-3-5-7(6)8;;;/h2-5H,1H3;2*1H;/q;;;+2/p-2. The molecule has 0 saturated carbocycles. The SMILES string of the molecule is Cc1ccccc1F.[Br-].[Br-].[Mg+2]. The summed E-state index contributed by atoms with van der Waals surface area (Å²) in [6.07, 6.45) is 0. The zero-order valence-corrected chi connectivity index (χ0v) is 10.7. The van der Waals surface area contributed by atoms with Gasteiger partial charge in [-0.3, -0.25) is 0 Å². The van der Waals surface area contributed by atoms with E-state index in [0.29, 0.717) is 5.56 Å². The quantitative estimate of drug-likeness (QED) is 0.425. The number of hydrogen-bond donors (Lipinski definition) is 0. The molecule has 0 unspecified atom stereocenters. The van der Waals surface area contributed by atoms with Gasteiger partial charge in [0.1, 0.15) is 5.82 Å². The van der Waals surface area contributed by atoms with Crippen molar-refractivity contribution < 1.29 is 38.4 Å². The van der Waals surface area contributed by atoms with Crippen molar-refractivity contribution in [3.05, 3.63) is 35.6 Å². The van der Waals surface area contributed by atoms with Crippen LogP contribution in [0.1, 0.15) is 5.56 Å². The molecule has 0 bridgehead atoms. The zero-order chi connectivity index (χ0) is 5.98. The second-order valence-electron chi connectivity index (χ2n) is 1.75. The van der Waals surface area contributed by atoms with Gasteiger partial charge < -0.3 is 34.0 Å². The predicted octanol–water partition coefficient (Wildman–Crippen LogP) is -4.24. The molecule has 11 heavy (non-hydrogen) atoms. The van der Waals surface area contributed by atoms with Crippen LogP contribution in [0.5, 0.6) is 0 Å². The number of benzene rings is 1. The smallest absolute Gasteiger partial charge is 1.00 e. The van der Waals surface area contributed by atoms with Gasteiger partial charge in [0.15, 0.2) is 0 Å². The Morgan fingerprint density at radius 1 is 1.09 bits per heavy atom. The van der Waals surface area contributed by atoms with Gasteiger partial charge >= 0.3 is 23.1 Å². The van der Waals surface area contributed by atoms with E-state index in [1.807, 2.05) is 6.07 Å². The van der Waals surface area contributed by atoms with E-state index in [-0.39, 0.29) is 62.8 Å². The van der Waals surface area contributed by atoms with Crippen LogP contribution >= 0.6 is 0 Å². The fraction of sp³-hybridized carbons (Fsp3) is 0.143. The van der Waals surface area contributed by atoms with Gasteiger partial charge in [0.2, 0.25) is 0 Å². The number of aryl methyl sites for hydroxylation is 1. The monoisotopic (exact) mass is 292 g/mol. The molecule has 4 heteroatoms. The van der Waals surface area contributed by atoms with E-state index < -0.39 is 0 Å². The minimum atomic E-state index is -0.132. The summed E-state index contributed by atoms with van der Waals surface area (Å²) in [5, 5.41) is 0. The van der Waals surface area contributed by atoms with Crippen LogP contribution in [-0.4, -0.2) is 23.1 Å². The van der Waals surface area contributed by atoms with Crippen molar-refractivity contribution in [3.63, 3.8) is 0 Å². The van der Waals surface area contributed by atoms with E-state index >= 15 is 0 Å². The van der Waals surface area contributed by atoms with Crippen LogP contribution in [0.4, 0.5) is 4.39 Å². The Labute approximate surface area is 103 Å². The van der Waals surface area contributed by atoms with Crippen molar-refractivity contribution in [2.45, 2.75) is 6.92 Å². The molecule has 58 valence electrons. The Kier molecular flexibility index (Phi) is 14.5. The third-order valence-corrected chi connectivity index (χ3v) is 1.08. The molecule has 0 spiro atoms. The summed E-state index contributed by atoms with van der Waals surface area (Å²) in [6, 6.07) is 6.70. The molecule has 1 rings (SSSR count).